The van der Waals surface area contributed by atoms with E-state index < -0.39 is 0 Å². The summed E-state index contributed by atoms with van der Waals surface area (Å²) in [5.74, 6) is 0.583. The Labute approximate surface area is 106 Å². The number of nitrogens with zero attached hydrogens (tertiary/aromatic N) is 3. The Hall–Kier alpha value is -2.23. The molecule has 0 N–H and O–H groups in total. The molecule has 0 aliphatic rings. The summed E-state index contributed by atoms with van der Waals surface area (Å²) >= 11 is 0. The summed E-state index contributed by atoms with van der Waals surface area (Å²) in [6.45, 7) is 5.89. The summed E-state index contributed by atoms with van der Waals surface area (Å²) < 4.78 is 5.57. The average Bonchev–Trinajstić information content (AvgIpc) is 2.88. The number of rotatable bonds is 1. The lowest BCUT2D eigenvalue weighted by Gasteiger charge is -1.91. The standard InChI is InChI=1S/C12H9N3O.C2H6/c1-8-10-12(14-7-13-8)16-11(15-10)9-5-3-2-4-6-9;1-2/h2-7H,1H3;1-2H3. The van der Waals surface area contributed by atoms with Crippen LogP contribution in [0.5, 0.6) is 0 Å². The molecule has 0 spiro atoms. The monoisotopic (exact) mass is 241 g/mol. The molecule has 0 radical (unpaired) electrons. The second-order valence-electron chi connectivity index (χ2n) is 3.50. The Bertz CT molecular complexity index is 632. The first kappa shape index (κ1) is 12.2. The van der Waals surface area contributed by atoms with Gasteiger partial charge in [-0.05, 0) is 19.1 Å². The van der Waals surface area contributed by atoms with Crippen LogP contribution in [0.15, 0.2) is 41.1 Å². The van der Waals surface area contributed by atoms with Crippen LogP contribution in [-0.4, -0.2) is 15.0 Å². The lowest BCUT2D eigenvalue weighted by Crippen LogP contribution is -1.84. The Morgan fingerprint density at radius 1 is 1.00 bits per heavy atom. The summed E-state index contributed by atoms with van der Waals surface area (Å²) in [5.41, 5.74) is 3.03. The van der Waals surface area contributed by atoms with Crippen molar-refractivity contribution >= 4 is 11.2 Å². The summed E-state index contributed by atoms with van der Waals surface area (Å²) in [5, 5.41) is 0. The first-order valence-corrected chi connectivity index (χ1v) is 5.98. The van der Waals surface area contributed by atoms with Crippen molar-refractivity contribution in [2.24, 2.45) is 0 Å². The van der Waals surface area contributed by atoms with Crippen LogP contribution in [0.2, 0.25) is 0 Å². The third-order valence-corrected chi connectivity index (χ3v) is 2.40. The average molecular weight is 241 g/mol. The zero-order valence-electron chi connectivity index (χ0n) is 10.7. The Morgan fingerprint density at radius 2 is 1.72 bits per heavy atom. The largest absolute Gasteiger partial charge is 0.418 e. The molecule has 0 atom stereocenters. The first-order chi connectivity index (χ1) is 8.84. The van der Waals surface area contributed by atoms with Crippen molar-refractivity contribution in [2.45, 2.75) is 20.8 Å². The molecule has 1 aromatic carbocycles. The highest BCUT2D eigenvalue weighted by Crippen LogP contribution is 2.23. The molecule has 2 heterocycles. The zero-order chi connectivity index (χ0) is 13.0. The molecule has 18 heavy (non-hydrogen) atoms. The van der Waals surface area contributed by atoms with Crippen molar-refractivity contribution in [3.63, 3.8) is 0 Å². The van der Waals surface area contributed by atoms with E-state index in [4.69, 9.17) is 4.42 Å². The van der Waals surface area contributed by atoms with Crippen LogP contribution in [0.25, 0.3) is 22.7 Å². The number of aryl methyl sites for hydroxylation is 1. The maximum atomic E-state index is 5.57. The van der Waals surface area contributed by atoms with E-state index in [9.17, 15) is 0 Å². The first-order valence-electron chi connectivity index (χ1n) is 5.98. The number of benzene rings is 1. The third kappa shape index (κ3) is 2.22. The highest BCUT2D eigenvalue weighted by Gasteiger charge is 2.10. The van der Waals surface area contributed by atoms with E-state index in [-0.39, 0.29) is 0 Å². The van der Waals surface area contributed by atoms with E-state index in [0.29, 0.717) is 11.6 Å². The minimum Gasteiger partial charge on any atom is -0.418 e. The highest BCUT2D eigenvalue weighted by atomic mass is 16.4. The lowest BCUT2D eigenvalue weighted by atomic mass is 10.2. The molecule has 2 aromatic heterocycles. The minimum absolute atomic E-state index is 0.534. The fourth-order valence-electron chi connectivity index (χ4n) is 1.57. The van der Waals surface area contributed by atoms with E-state index in [1.807, 2.05) is 51.1 Å². The van der Waals surface area contributed by atoms with Gasteiger partial charge < -0.3 is 4.42 Å². The van der Waals surface area contributed by atoms with Crippen molar-refractivity contribution < 1.29 is 4.42 Å². The molecular formula is C14H15N3O. The van der Waals surface area contributed by atoms with Gasteiger partial charge in [-0.3, -0.25) is 0 Å². The van der Waals surface area contributed by atoms with Crippen molar-refractivity contribution in [1.29, 1.82) is 0 Å². The molecule has 0 aliphatic heterocycles. The van der Waals surface area contributed by atoms with Gasteiger partial charge >= 0.3 is 0 Å². The lowest BCUT2D eigenvalue weighted by molar-refractivity contribution is 0.607. The number of fused-ring (bicyclic) bond motifs is 1. The van der Waals surface area contributed by atoms with Gasteiger partial charge in [0, 0.05) is 5.56 Å². The normalized spacial score (nSPS) is 9.94. The molecule has 0 aliphatic carbocycles. The SMILES string of the molecule is CC.Cc1ncnc2oc(-c3ccccc3)nc12. The second kappa shape index (κ2) is 5.40. The van der Waals surface area contributed by atoms with Gasteiger partial charge in [0.15, 0.2) is 5.52 Å². The summed E-state index contributed by atoms with van der Waals surface area (Å²) in [7, 11) is 0. The summed E-state index contributed by atoms with van der Waals surface area (Å²) in [6.07, 6.45) is 1.48. The molecule has 3 aromatic rings. The molecule has 4 heteroatoms. The molecule has 0 unspecified atom stereocenters. The van der Waals surface area contributed by atoms with Gasteiger partial charge in [-0.2, -0.15) is 4.98 Å². The number of oxazole rings is 1. The van der Waals surface area contributed by atoms with Crippen LogP contribution in [0.4, 0.5) is 0 Å². The molecule has 3 rings (SSSR count). The van der Waals surface area contributed by atoms with Gasteiger partial charge in [-0.25, -0.2) is 9.97 Å². The van der Waals surface area contributed by atoms with Gasteiger partial charge in [-0.15, -0.1) is 0 Å². The molecule has 0 fully saturated rings. The van der Waals surface area contributed by atoms with Crippen molar-refractivity contribution in [3.8, 4) is 11.5 Å². The molecule has 0 amide bonds. The van der Waals surface area contributed by atoms with E-state index in [1.54, 1.807) is 0 Å². The van der Waals surface area contributed by atoms with Crippen LogP contribution in [0.3, 0.4) is 0 Å². The van der Waals surface area contributed by atoms with Crippen molar-refractivity contribution in [2.75, 3.05) is 0 Å². The minimum atomic E-state index is 0.534. The predicted octanol–water partition coefficient (Wildman–Crippen LogP) is 3.62. The van der Waals surface area contributed by atoms with Gasteiger partial charge in [0.2, 0.25) is 5.89 Å². The Morgan fingerprint density at radius 3 is 2.39 bits per heavy atom. The van der Waals surface area contributed by atoms with E-state index in [1.165, 1.54) is 6.33 Å². The fourth-order valence-corrected chi connectivity index (χ4v) is 1.57. The van der Waals surface area contributed by atoms with E-state index in [2.05, 4.69) is 15.0 Å². The van der Waals surface area contributed by atoms with E-state index >= 15 is 0 Å². The van der Waals surface area contributed by atoms with Crippen LogP contribution in [-0.2, 0) is 0 Å². The Balaban J connectivity index is 0.000000574. The topological polar surface area (TPSA) is 51.8 Å². The van der Waals surface area contributed by atoms with E-state index in [0.717, 1.165) is 16.8 Å². The van der Waals surface area contributed by atoms with Gasteiger partial charge in [0.1, 0.15) is 6.33 Å². The molecule has 4 nitrogen and oxygen atoms in total. The second-order valence-corrected chi connectivity index (χ2v) is 3.50. The van der Waals surface area contributed by atoms with Crippen LogP contribution >= 0.6 is 0 Å². The van der Waals surface area contributed by atoms with Crippen molar-refractivity contribution in [3.05, 3.63) is 42.4 Å². The van der Waals surface area contributed by atoms with Crippen molar-refractivity contribution in [1.82, 2.24) is 15.0 Å². The molecular weight excluding hydrogens is 226 g/mol. The maximum Gasteiger partial charge on any atom is 0.250 e. The Kier molecular flexibility index (Phi) is 3.67. The molecule has 0 bridgehead atoms. The van der Waals surface area contributed by atoms with Crippen LogP contribution in [0.1, 0.15) is 19.5 Å². The summed E-state index contributed by atoms with van der Waals surface area (Å²) in [4.78, 5) is 12.5. The quantitative estimate of drug-likeness (QED) is 0.653. The summed E-state index contributed by atoms with van der Waals surface area (Å²) in [6, 6.07) is 9.75. The zero-order valence-corrected chi connectivity index (χ0v) is 10.7. The fraction of sp³-hybridized carbons (Fsp3) is 0.214. The van der Waals surface area contributed by atoms with Crippen LogP contribution < -0.4 is 0 Å². The number of hydrogen-bond donors (Lipinski definition) is 0. The van der Waals surface area contributed by atoms with Crippen LogP contribution in [0, 0.1) is 6.92 Å². The molecule has 92 valence electrons. The molecule has 0 saturated heterocycles. The van der Waals surface area contributed by atoms with Gasteiger partial charge in [-0.1, -0.05) is 32.0 Å². The predicted molar refractivity (Wildman–Crippen MR) is 71.1 cm³/mol. The van der Waals surface area contributed by atoms with Gasteiger partial charge in [0.05, 0.1) is 5.69 Å². The number of aromatic nitrogens is 3. The third-order valence-electron chi connectivity index (χ3n) is 2.40. The molecule has 0 saturated carbocycles. The number of hydrogen-bond acceptors (Lipinski definition) is 4. The highest BCUT2D eigenvalue weighted by molar-refractivity contribution is 5.74. The smallest absolute Gasteiger partial charge is 0.250 e. The van der Waals surface area contributed by atoms with Gasteiger partial charge in [0.25, 0.3) is 5.71 Å². The maximum absolute atomic E-state index is 5.57.